The van der Waals surface area contributed by atoms with Gasteiger partial charge in [-0.25, -0.2) is 0 Å². The summed E-state index contributed by atoms with van der Waals surface area (Å²) in [6.45, 7) is 7.82. The Kier molecular flexibility index (Phi) is 3.43. The first-order valence-electron chi connectivity index (χ1n) is 6.61. The van der Waals surface area contributed by atoms with Crippen molar-refractivity contribution in [2.45, 2.75) is 51.5 Å². The van der Waals surface area contributed by atoms with E-state index in [0.29, 0.717) is 11.8 Å². The maximum atomic E-state index is 9.66. The van der Waals surface area contributed by atoms with Gasteiger partial charge in [-0.2, -0.15) is 0 Å². The molecule has 0 saturated carbocycles. The smallest absolute Gasteiger partial charge is 0.115 e. The highest BCUT2D eigenvalue weighted by atomic mass is 16.3. The summed E-state index contributed by atoms with van der Waals surface area (Å²) in [5, 5.41) is 13.3. The Hall–Kier alpha value is -1.02. The molecule has 94 valence electrons. The van der Waals surface area contributed by atoms with Crippen molar-refractivity contribution >= 4 is 0 Å². The Morgan fingerprint density at radius 1 is 1.41 bits per heavy atom. The van der Waals surface area contributed by atoms with E-state index in [1.165, 1.54) is 24.0 Å². The molecule has 1 aliphatic carbocycles. The van der Waals surface area contributed by atoms with Crippen molar-refractivity contribution in [1.82, 2.24) is 5.32 Å². The summed E-state index contributed by atoms with van der Waals surface area (Å²) in [4.78, 5) is 0. The third-order valence-corrected chi connectivity index (χ3v) is 4.00. The monoisotopic (exact) mass is 233 g/mol. The molecule has 1 aliphatic rings. The van der Waals surface area contributed by atoms with E-state index in [1.807, 2.05) is 6.07 Å². The highest BCUT2D eigenvalue weighted by molar-refractivity contribution is 5.42. The van der Waals surface area contributed by atoms with Crippen LogP contribution in [0.15, 0.2) is 18.2 Å². The van der Waals surface area contributed by atoms with E-state index in [-0.39, 0.29) is 5.41 Å². The van der Waals surface area contributed by atoms with Crippen molar-refractivity contribution in [3.8, 4) is 5.75 Å². The lowest BCUT2D eigenvalue weighted by molar-refractivity contribution is 0.302. The molecule has 2 N–H and O–H groups in total. The summed E-state index contributed by atoms with van der Waals surface area (Å²) in [5.41, 5.74) is 2.79. The minimum Gasteiger partial charge on any atom is -0.508 e. The number of aryl methyl sites for hydroxylation is 1. The van der Waals surface area contributed by atoms with Gasteiger partial charge in [-0.1, -0.05) is 26.8 Å². The van der Waals surface area contributed by atoms with E-state index < -0.39 is 0 Å². The van der Waals surface area contributed by atoms with E-state index in [2.05, 4.69) is 32.2 Å². The Morgan fingerprint density at radius 3 is 2.88 bits per heavy atom. The van der Waals surface area contributed by atoms with Gasteiger partial charge in [0.25, 0.3) is 0 Å². The SMILES string of the molecule is CCCNC1CCc2ccc(O)cc2C1(C)C. The van der Waals surface area contributed by atoms with Crippen LogP contribution < -0.4 is 5.32 Å². The average molecular weight is 233 g/mol. The first-order valence-corrected chi connectivity index (χ1v) is 6.61. The van der Waals surface area contributed by atoms with Crippen molar-refractivity contribution in [2.24, 2.45) is 0 Å². The summed E-state index contributed by atoms with van der Waals surface area (Å²) in [6.07, 6.45) is 3.46. The summed E-state index contributed by atoms with van der Waals surface area (Å²) < 4.78 is 0. The normalized spacial score (nSPS) is 22.2. The molecule has 1 unspecified atom stereocenters. The minimum atomic E-state index is 0.0987. The lowest BCUT2D eigenvalue weighted by Gasteiger charge is -2.41. The number of rotatable bonds is 3. The third-order valence-electron chi connectivity index (χ3n) is 4.00. The molecule has 1 aromatic carbocycles. The van der Waals surface area contributed by atoms with Crippen LogP contribution in [0.2, 0.25) is 0 Å². The molecule has 2 rings (SSSR count). The average Bonchev–Trinajstić information content (AvgIpc) is 2.29. The zero-order chi connectivity index (χ0) is 12.5. The maximum Gasteiger partial charge on any atom is 0.115 e. The predicted octanol–water partition coefficient (Wildman–Crippen LogP) is 2.98. The predicted molar refractivity (Wildman–Crippen MR) is 71.5 cm³/mol. The van der Waals surface area contributed by atoms with Crippen molar-refractivity contribution in [3.63, 3.8) is 0 Å². The molecule has 0 aliphatic heterocycles. The van der Waals surface area contributed by atoms with Crippen molar-refractivity contribution < 1.29 is 5.11 Å². The van der Waals surface area contributed by atoms with Crippen LogP contribution in [0, 0.1) is 0 Å². The van der Waals surface area contributed by atoms with E-state index in [4.69, 9.17) is 0 Å². The zero-order valence-corrected chi connectivity index (χ0v) is 11.1. The Balaban J connectivity index is 2.30. The summed E-state index contributed by atoms with van der Waals surface area (Å²) >= 11 is 0. The second-order valence-electron chi connectivity index (χ2n) is 5.61. The molecule has 1 aromatic rings. The first-order chi connectivity index (χ1) is 8.05. The van der Waals surface area contributed by atoms with Crippen LogP contribution in [0.3, 0.4) is 0 Å². The van der Waals surface area contributed by atoms with Crippen molar-refractivity contribution in [3.05, 3.63) is 29.3 Å². The number of fused-ring (bicyclic) bond motifs is 1. The molecule has 0 amide bonds. The second-order valence-corrected chi connectivity index (χ2v) is 5.61. The number of hydrogen-bond acceptors (Lipinski definition) is 2. The molecule has 2 nitrogen and oxygen atoms in total. The highest BCUT2D eigenvalue weighted by Gasteiger charge is 2.36. The molecule has 0 fully saturated rings. The van der Waals surface area contributed by atoms with Crippen molar-refractivity contribution in [2.75, 3.05) is 6.54 Å². The number of benzene rings is 1. The molecule has 0 aromatic heterocycles. The number of hydrogen-bond donors (Lipinski definition) is 2. The fourth-order valence-electron chi connectivity index (χ4n) is 2.91. The largest absolute Gasteiger partial charge is 0.508 e. The van der Waals surface area contributed by atoms with Crippen LogP contribution in [0.25, 0.3) is 0 Å². The van der Waals surface area contributed by atoms with Gasteiger partial charge in [0.1, 0.15) is 5.75 Å². The number of nitrogens with one attached hydrogen (secondary N) is 1. The Bertz CT molecular complexity index is 398. The Labute approximate surface area is 104 Å². The van der Waals surface area contributed by atoms with Gasteiger partial charge in [-0.15, -0.1) is 0 Å². The van der Waals surface area contributed by atoms with Crippen LogP contribution in [0.4, 0.5) is 0 Å². The molecular formula is C15H23NO. The highest BCUT2D eigenvalue weighted by Crippen LogP contribution is 2.38. The molecule has 0 radical (unpaired) electrons. The fraction of sp³-hybridized carbons (Fsp3) is 0.600. The molecule has 0 heterocycles. The molecule has 2 heteroatoms. The van der Waals surface area contributed by atoms with Gasteiger partial charge >= 0.3 is 0 Å². The quantitative estimate of drug-likeness (QED) is 0.841. The van der Waals surface area contributed by atoms with Crippen molar-refractivity contribution in [1.29, 1.82) is 0 Å². The van der Waals surface area contributed by atoms with Crippen LogP contribution in [0.1, 0.15) is 44.7 Å². The summed E-state index contributed by atoms with van der Waals surface area (Å²) in [7, 11) is 0. The van der Waals surface area contributed by atoms with Gasteiger partial charge in [0.15, 0.2) is 0 Å². The zero-order valence-electron chi connectivity index (χ0n) is 11.1. The summed E-state index contributed by atoms with van der Waals surface area (Å²) in [5.74, 6) is 0.382. The lowest BCUT2D eigenvalue weighted by Crippen LogP contribution is -2.48. The first kappa shape index (κ1) is 12.4. The van der Waals surface area contributed by atoms with Gasteiger partial charge in [0.2, 0.25) is 0 Å². The van der Waals surface area contributed by atoms with Gasteiger partial charge in [-0.05, 0) is 49.1 Å². The number of phenols is 1. The van der Waals surface area contributed by atoms with Crippen LogP contribution in [-0.4, -0.2) is 17.7 Å². The molecular weight excluding hydrogens is 210 g/mol. The second kappa shape index (κ2) is 4.69. The summed E-state index contributed by atoms with van der Waals surface area (Å²) in [6, 6.07) is 6.32. The molecule has 0 bridgehead atoms. The van der Waals surface area contributed by atoms with Gasteiger partial charge < -0.3 is 10.4 Å². The molecule has 17 heavy (non-hydrogen) atoms. The van der Waals surface area contributed by atoms with Crippen LogP contribution in [0.5, 0.6) is 5.75 Å². The van der Waals surface area contributed by atoms with Gasteiger partial charge in [-0.3, -0.25) is 0 Å². The lowest BCUT2D eigenvalue weighted by atomic mass is 9.69. The molecule has 0 spiro atoms. The van der Waals surface area contributed by atoms with Gasteiger partial charge in [0, 0.05) is 11.5 Å². The number of aromatic hydroxyl groups is 1. The Morgan fingerprint density at radius 2 is 2.18 bits per heavy atom. The molecule has 1 atom stereocenters. The van der Waals surface area contributed by atoms with E-state index >= 15 is 0 Å². The van der Waals surface area contributed by atoms with E-state index in [9.17, 15) is 5.11 Å². The minimum absolute atomic E-state index is 0.0987. The third kappa shape index (κ3) is 2.32. The maximum absolute atomic E-state index is 9.66. The molecule has 0 saturated heterocycles. The fourth-order valence-corrected chi connectivity index (χ4v) is 2.91. The van der Waals surface area contributed by atoms with E-state index in [1.54, 1.807) is 6.07 Å². The standard InChI is InChI=1S/C15H23NO/c1-4-9-16-14-8-6-11-5-7-12(17)10-13(11)15(14,2)3/h5,7,10,14,16-17H,4,6,8-9H2,1-3H3. The number of phenolic OH excluding ortho intramolecular Hbond substituents is 1. The van der Waals surface area contributed by atoms with Crippen LogP contribution in [-0.2, 0) is 11.8 Å². The topological polar surface area (TPSA) is 32.3 Å². The van der Waals surface area contributed by atoms with E-state index in [0.717, 1.165) is 13.0 Å². The van der Waals surface area contributed by atoms with Crippen LogP contribution >= 0.6 is 0 Å². The van der Waals surface area contributed by atoms with Gasteiger partial charge in [0.05, 0.1) is 0 Å².